The molecule has 2 amide bonds. The molecule has 2 aromatic rings. The number of carbonyl (C=O) groups excluding carboxylic acids is 3. The molecular weight excluding hydrogens is 394 g/mol. The Bertz CT molecular complexity index is 865. The Balaban J connectivity index is 1.91. The third-order valence-electron chi connectivity index (χ3n) is 3.78. The van der Waals surface area contributed by atoms with Gasteiger partial charge in [0, 0.05) is 4.88 Å². The van der Waals surface area contributed by atoms with Crippen LogP contribution in [-0.4, -0.2) is 36.6 Å². The average Bonchev–Trinajstić information content (AvgIpc) is 3.17. The van der Waals surface area contributed by atoms with Crippen molar-refractivity contribution in [1.82, 2.24) is 10.7 Å². The zero-order valence-corrected chi connectivity index (χ0v) is 16.9. The van der Waals surface area contributed by atoms with E-state index in [2.05, 4.69) is 15.8 Å². The minimum Gasteiger partial charge on any atom is -0.546 e. The van der Waals surface area contributed by atoms with Gasteiger partial charge < -0.3 is 20.0 Å². The van der Waals surface area contributed by atoms with Gasteiger partial charge in [-0.1, -0.05) is 32.0 Å². The van der Waals surface area contributed by atoms with Crippen LogP contribution in [0.3, 0.4) is 0 Å². The fourth-order valence-corrected chi connectivity index (χ4v) is 3.10. The first-order chi connectivity index (χ1) is 13.8. The Kier molecular flexibility index (Phi) is 8.35. The third-order valence-corrected chi connectivity index (χ3v) is 4.66. The van der Waals surface area contributed by atoms with Gasteiger partial charge in [-0.05, 0) is 35.1 Å². The molecule has 1 aromatic carbocycles. The highest BCUT2D eigenvalue weighted by Gasteiger charge is 2.24. The van der Waals surface area contributed by atoms with E-state index in [0.717, 1.165) is 4.88 Å². The minimum absolute atomic E-state index is 0.126. The molecule has 1 aromatic heterocycles. The lowest BCUT2D eigenvalue weighted by Gasteiger charge is -2.20. The van der Waals surface area contributed by atoms with Crippen LogP contribution in [0.4, 0.5) is 0 Å². The molecular formula is C20H22N3O5S-. The molecule has 0 spiro atoms. The summed E-state index contributed by atoms with van der Waals surface area (Å²) in [5, 5.41) is 19.0. The first-order valence-corrected chi connectivity index (χ1v) is 9.80. The summed E-state index contributed by atoms with van der Waals surface area (Å²) < 4.78 is 5.03. The van der Waals surface area contributed by atoms with Crippen molar-refractivity contribution in [3.05, 3.63) is 52.2 Å². The van der Waals surface area contributed by atoms with Crippen molar-refractivity contribution >= 4 is 35.3 Å². The smallest absolute Gasteiger partial charge is 0.262 e. The van der Waals surface area contributed by atoms with E-state index in [-0.39, 0.29) is 18.2 Å². The number of benzene rings is 1. The summed E-state index contributed by atoms with van der Waals surface area (Å²) in [5.74, 6) is -1.77. The number of rotatable bonds is 10. The van der Waals surface area contributed by atoms with E-state index in [1.54, 1.807) is 24.3 Å². The Labute approximate surface area is 172 Å². The average molecular weight is 416 g/mol. The van der Waals surface area contributed by atoms with Gasteiger partial charge >= 0.3 is 0 Å². The lowest BCUT2D eigenvalue weighted by molar-refractivity contribution is -0.307. The molecule has 0 aliphatic carbocycles. The van der Waals surface area contributed by atoms with E-state index in [1.807, 2.05) is 31.4 Å². The molecule has 1 atom stereocenters. The number of nitrogens with one attached hydrogen (secondary N) is 2. The monoisotopic (exact) mass is 416 g/mol. The van der Waals surface area contributed by atoms with Crippen molar-refractivity contribution in [2.45, 2.75) is 26.3 Å². The maximum absolute atomic E-state index is 12.4. The Hall–Kier alpha value is -3.20. The van der Waals surface area contributed by atoms with Gasteiger partial charge in [-0.2, -0.15) is 5.10 Å². The van der Waals surface area contributed by atoms with Crippen LogP contribution in [-0.2, 0) is 20.8 Å². The van der Waals surface area contributed by atoms with Crippen LogP contribution in [0.1, 0.15) is 24.3 Å². The molecule has 0 aliphatic rings. The van der Waals surface area contributed by atoms with Crippen molar-refractivity contribution in [3.63, 3.8) is 0 Å². The van der Waals surface area contributed by atoms with Gasteiger partial charge in [0.1, 0.15) is 18.4 Å². The quantitative estimate of drug-likeness (QED) is 0.437. The molecule has 2 rings (SSSR count). The van der Waals surface area contributed by atoms with Crippen LogP contribution in [0, 0.1) is 5.92 Å². The van der Waals surface area contributed by atoms with Gasteiger partial charge in [-0.25, -0.2) is 5.43 Å². The SMILES string of the molecule is CC(C)[C@H](NC(=O)Cc1cccs1)C(=O)N/N=C\c1cccc(OCC(=O)[O-])c1. The summed E-state index contributed by atoms with van der Waals surface area (Å²) in [6.07, 6.45) is 1.62. The zero-order valence-electron chi connectivity index (χ0n) is 16.1. The van der Waals surface area contributed by atoms with Crippen LogP contribution >= 0.6 is 11.3 Å². The topological polar surface area (TPSA) is 120 Å². The first-order valence-electron chi connectivity index (χ1n) is 8.92. The Morgan fingerprint density at radius 3 is 2.69 bits per heavy atom. The van der Waals surface area contributed by atoms with Gasteiger partial charge in [-0.15, -0.1) is 11.3 Å². The number of ether oxygens (including phenoxy) is 1. The van der Waals surface area contributed by atoms with Crippen molar-refractivity contribution < 1.29 is 24.2 Å². The zero-order chi connectivity index (χ0) is 21.2. The van der Waals surface area contributed by atoms with Crippen LogP contribution in [0.2, 0.25) is 0 Å². The molecule has 0 fully saturated rings. The van der Waals surface area contributed by atoms with E-state index in [4.69, 9.17) is 4.74 Å². The number of hydrazone groups is 1. The van der Waals surface area contributed by atoms with Gasteiger partial charge in [0.15, 0.2) is 0 Å². The summed E-state index contributed by atoms with van der Waals surface area (Å²) in [5.41, 5.74) is 3.02. The maximum Gasteiger partial charge on any atom is 0.262 e. The second-order valence-electron chi connectivity index (χ2n) is 6.51. The highest BCUT2D eigenvalue weighted by atomic mass is 32.1. The highest BCUT2D eigenvalue weighted by molar-refractivity contribution is 7.10. The van der Waals surface area contributed by atoms with E-state index in [1.165, 1.54) is 17.6 Å². The summed E-state index contributed by atoms with van der Waals surface area (Å²) in [7, 11) is 0. The lowest BCUT2D eigenvalue weighted by Crippen LogP contribution is -2.49. The van der Waals surface area contributed by atoms with Crippen LogP contribution in [0.25, 0.3) is 0 Å². The molecule has 29 heavy (non-hydrogen) atoms. The van der Waals surface area contributed by atoms with Crippen LogP contribution in [0.5, 0.6) is 5.75 Å². The molecule has 1 heterocycles. The number of aliphatic carboxylic acids is 1. The Morgan fingerprint density at radius 1 is 1.24 bits per heavy atom. The van der Waals surface area contributed by atoms with Crippen molar-refractivity contribution in [3.8, 4) is 5.75 Å². The molecule has 9 heteroatoms. The number of hydrogen-bond acceptors (Lipinski definition) is 7. The number of carbonyl (C=O) groups is 3. The van der Waals surface area contributed by atoms with Crippen molar-refractivity contribution in [2.75, 3.05) is 6.61 Å². The van der Waals surface area contributed by atoms with Crippen LogP contribution in [0.15, 0.2) is 46.9 Å². The third kappa shape index (κ3) is 7.74. The number of carboxylic acid groups (broad SMARTS) is 1. The van der Waals surface area contributed by atoms with Gasteiger partial charge in [0.2, 0.25) is 5.91 Å². The fourth-order valence-electron chi connectivity index (χ4n) is 2.40. The standard InChI is InChI=1S/C20H23N3O5S/c1-13(2)19(22-17(24)10-16-7-4-8-29-16)20(27)23-21-11-14-5-3-6-15(9-14)28-12-18(25)26/h3-9,11,13,19H,10,12H2,1-2H3,(H,22,24)(H,23,27)(H,25,26)/p-1/b21-11-/t19-/m0/s1. The molecule has 0 unspecified atom stereocenters. The molecule has 0 saturated heterocycles. The summed E-state index contributed by atoms with van der Waals surface area (Å²) in [6.45, 7) is 3.10. The lowest BCUT2D eigenvalue weighted by atomic mass is 10.0. The fraction of sp³-hybridized carbons (Fsp3) is 0.300. The molecule has 2 N–H and O–H groups in total. The number of thiophene rings is 1. The molecule has 0 saturated carbocycles. The molecule has 0 radical (unpaired) electrons. The van der Waals surface area contributed by atoms with Crippen molar-refractivity contribution in [1.29, 1.82) is 0 Å². The van der Waals surface area contributed by atoms with E-state index >= 15 is 0 Å². The number of nitrogens with zero attached hydrogens (tertiary/aromatic N) is 1. The predicted octanol–water partition coefficient (Wildman–Crippen LogP) is 0.710. The molecule has 0 aliphatic heterocycles. The molecule has 8 nitrogen and oxygen atoms in total. The maximum atomic E-state index is 12.4. The number of amides is 2. The predicted molar refractivity (Wildman–Crippen MR) is 107 cm³/mol. The van der Waals surface area contributed by atoms with Crippen LogP contribution < -0.4 is 20.6 Å². The second kappa shape index (κ2) is 11.0. The van der Waals surface area contributed by atoms with E-state index < -0.39 is 24.5 Å². The summed E-state index contributed by atoms with van der Waals surface area (Å²) in [6, 6.07) is 9.55. The number of carboxylic acids is 1. The van der Waals surface area contributed by atoms with Gasteiger partial charge in [0.05, 0.1) is 18.6 Å². The largest absolute Gasteiger partial charge is 0.546 e. The van der Waals surface area contributed by atoms with Gasteiger partial charge in [-0.3, -0.25) is 9.59 Å². The van der Waals surface area contributed by atoms with Gasteiger partial charge in [0.25, 0.3) is 5.91 Å². The molecule has 154 valence electrons. The highest BCUT2D eigenvalue weighted by Crippen LogP contribution is 2.12. The summed E-state index contributed by atoms with van der Waals surface area (Å²) in [4.78, 5) is 36.0. The first kappa shape index (κ1) is 22.1. The minimum atomic E-state index is -1.32. The van der Waals surface area contributed by atoms with Crippen molar-refractivity contribution in [2.24, 2.45) is 11.0 Å². The Morgan fingerprint density at radius 2 is 2.03 bits per heavy atom. The summed E-state index contributed by atoms with van der Waals surface area (Å²) >= 11 is 1.48. The number of hydrogen-bond donors (Lipinski definition) is 2. The molecule has 0 bridgehead atoms. The van der Waals surface area contributed by atoms with E-state index in [9.17, 15) is 19.5 Å². The van der Waals surface area contributed by atoms with E-state index in [0.29, 0.717) is 11.3 Å². The normalized spacial score (nSPS) is 12.0. The second-order valence-corrected chi connectivity index (χ2v) is 7.55.